The molecule has 2 amide bonds. The van der Waals surface area contributed by atoms with Gasteiger partial charge in [-0.25, -0.2) is 9.78 Å². The molecule has 0 spiro atoms. The van der Waals surface area contributed by atoms with E-state index in [0.717, 1.165) is 5.56 Å². The normalized spacial score (nSPS) is 21.0. The first-order valence-corrected chi connectivity index (χ1v) is 15.6. The Bertz CT molecular complexity index is 1550. The second kappa shape index (κ2) is 13.1. The Kier molecular flexibility index (Phi) is 8.86. The van der Waals surface area contributed by atoms with Crippen LogP contribution in [0.2, 0.25) is 0 Å². The summed E-state index contributed by atoms with van der Waals surface area (Å²) in [5.41, 5.74) is 2.58. The molecule has 3 heterocycles. The lowest BCUT2D eigenvalue weighted by molar-refractivity contribution is -0.139. The van der Waals surface area contributed by atoms with E-state index in [4.69, 9.17) is 14.2 Å². The van der Waals surface area contributed by atoms with Crippen molar-refractivity contribution in [1.82, 2.24) is 19.8 Å². The van der Waals surface area contributed by atoms with E-state index in [1.165, 1.54) is 18.4 Å². The minimum atomic E-state index is -0.508. The van der Waals surface area contributed by atoms with E-state index in [1.54, 1.807) is 53.2 Å². The van der Waals surface area contributed by atoms with E-state index in [0.29, 0.717) is 49.0 Å². The van der Waals surface area contributed by atoms with E-state index in [2.05, 4.69) is 22.4 Å². The average Bonchev–Trinajstić information content (AvgIpc) is 3.66. The highest BCUT2D eigenvalue weighted by atomic mass is 16.5. The van der Waals surface area contributed by atoms with Gasteiger partial charge in [-0.05, 0) is 73.9 Å². The van der Waals surface area contributed by atoms with Crippen LogP contribution in [0.4, 0.5) is 0 Å². The molecule has 0 radical (unpaired) electrons. The number of nitrogens with zero attached hydrogens (tertiary/aromatic N) is 3. The average molecular weight is 615 g/mol. The third kappa shape index (κ3) is 7.19. The number of esters is 2. The van der Waals surface area contributed by atoms with Crippen LogP contribution in [-0.2, 0) is 26.1 Å². The molecule has 1 N–H and O–H groups in total. The molecular weight excluding hydrogens is 576 g/mol. The molecule has 4 atom stereocenters. The molecule has 11 nitrogen and oxygen atoms in total. The molecule has 1 aromatic heterocycles. The topological polar surface area (TPSA) is 129 Å². The maximum Gasteiger partial charge on any atom is 0.338 e. The van der Waals surface area contributed by atoms with Gasteiger partial charge in [0.25, 0.3) is 5.91 Å². The minimum Gasteiger partial charge on any atom is -0.484 e. The maximum absolute atomic E-state index is 13.0. The maximum atomic E-state index is 13.0. The first kappa shape index (κ1) is 30.4. The predicted octanol–water partition coefficient (Wildman–Crippen LogP) is 3.95. The number of nitrogens with one attached hydrogen (secondary N) is 1. The van der Waals surface area contributed by atoms with E-state index >= 15 is 0 Å². The van der Waals surface area contributed by atoms with Crippen molar-refractivity contribution >= 4 is 23.8 Å². The molecule has 1 saturated carbocycles. The Hall–Kier alpha value is -4.67. The van der Waals surface area contributed by atoms with Crippen molar-refractivity contribution in [2.75, 3.05) is 19.7 Å². The van der Waals surface area contributed by atoms with Gasteiger partial charge in [-0.1, -0.05) is 24.3 Å². The molecule has 3 fully saturated rings. The SMILES string of the molecule is CC(NC(=O)c1nccn1C)C(Oc1ccc(C(=O)O[C@H]2CCCN(C(=O)[C@H]3COC(=O)C3)C2)cc1)c1ccc(C2CC2)cc1. The first-order valence-electron chi connectivity index (χ1n) is 15.6. The number of aromatic nitrogens is 2. The zero-order chi connectivity index (χ0) is 31.5. The summed E-state index contributed by atoms with van der Waals surface area (Å²) in [6.45, 7) is 2.85. The van der Waals surface area contributed by atoms with Gasteiger partial charge in [0.1, 0.15) is 24.6 Å². The molecular formula is C34H38N4O7. The highest BCUT2D eigenvalue weighted by molar-refractivity contribution is 5.91. The van der Waals surface area contributed by atoms with Crippen molar-refractivity contribution in [3.05, 3.63) is 83.4 Å². The number of cyclic esters (lactones) is 1. The number of hydrogen-bond acceptors (Lipinski definition) is 8. The number of carbonyl (C=O) groups is 4. The number of imidazole rings is 1. The highest BCUT2D eigenvalue weighted by Crippen LogP contribution is 2.40. The Labute approximate surface area is 261 Å². The van der Waals surface area contributed by atoms with Crippen LogP contribution in [0.1, 0.15) is 83.2 Å². The van der Waals surface area contributed by atoms with Crippen LogP contribution in [0.25, 0.3) is 0 Å². The lowest BCUT2D eigenvalue weighted by Gasteiger charge is -2.33. The van der Waals surface area contributed by atoms with Crippen LogP contribution in [0.3, 0.4) is 0 Å². The Morgan fingerprint density at radius 1 is 1.04 bits per heavy atom. The number of likely N-dealkylation sites (tertiary alicyclic amines) is 1. The third-order valence-corrected chi connectivity index (χ3v) is 8.68. The van der Waals surface area contributed by atoms with Crippen molar-refractivity contribution in [3.63, 3.8) is 0 Å². The van der Waals surface area contributed by atoms with Crippen LogP contribution in [-0.4, -0.2) is 70.0 Å². The molecule has 236 valence electrons. The molecule has 2 aromatic carbocycles. The summed E-state index contributed by atoms with van der Waals surface area (Å²) in [6.07, 6.45) is 6.22. The van der Waals surface area contributed by atoms with Gasteiger partial charge in [0.05, 0.1) is 30.5 Å². The number of carbonyl (C=O) groups excluding carboxylic acids is 4. The fourth-order valence-corrected chi connectivity index (χ4v) is 5.96. The van der Waals surface area contributed by atoms with Crippen molar-refractivity contribution in [1.29, 1.82) is 0 Å². The fraction of sp³-hybridized carbons (Fsp3) is 0.441. The second-order valence-electron chi connectivity index (χ2n) is 12.2. The number of ether oxygens (including phenoxy) is 3. The number of aryl methyl sites for hydroxylation is 1. The molecule has 2 unspecified atom stereocenters. The summed E-state index contributed by atoms with van der Waals surface area (Å²) in [5, 5.41) is 3.03. The van der Waals surface area contributed by atoms with Gasteiger partial charge in [-0.3, -0.25) is 14.4 Å². The van der Waals surface area contributed by atoms with Gasteiger partial charge in [0.15, 0.2) is 5.82 Å². The lowest BCUT2D eigenvalue weighted by atomic mass is 10.00. The Morgan fingerprint density at radius 2 is 1.80 bits per heavy atom. The molecule has 1 aliphatic carbocycles. The number of benzene rings is 2. The Balaban J connectivity index is 1.10. The second-order valence-corrected chi connectivity index (χ2v) is 12.2. The quantitative estimate of drug-likeness (QED) is 0.340. The molecule has 2 aliphatic heterocycles. The summed E-state index contributed by atoms with van der Waals surface area (Å²) in [6, 6.07) is 14.6. The van der Waals surface area contributed by atoms with Gasteiger partial charge >= 0.3 is 11.9 Å². The van der Waals surface area contributed by atoms with E-state index in [1.807, 2.05) is 19.1 Å². The molecule has 6 rings (SSSR count). The monoisotopic (exact) mass is 614 g/mol. The van der Waals surface area contributed by atoms with Crippen LogP contribution in [0.5, 0.6) is 5.75 Å². The van der Waals surface area contributed by atoms with Gasteiger partial charge in [-0.15, -0.1) is 0 Å². The first-order chi connectivity index (χ1) is 21.7. The van der Waals surface area contributed by atoms with Crippen LogP contribution < -0.4 is 10.1 Å². The van der Waals surface area contributed by atoms with Gasteiger partial charge in [-0.2, -0.15) is 0 Å². The molecule has 0 bridgehead atoms. The predicted molar refractivity (Wildman–Crippen MR) is 162 cm³/mol. The van der Waals surface area contributed by atoms with Crippen LogP contribution in [0.15, 0.2) is 60.9 Å². The van der Waals surface area contributed by atoms with Crippen molar-refractivity contribution in [2.24, 2.45) is 13.0 Å². The standard InChI is InChI=1S/C34H38N4O7/c1-21(36-32(40)31-35-15-17-37(31)2)30(24-9-7-23(8-10-24)22-5-6-22)44-27-13-11-25(12-14-27)34(42)45-28-4-3-16-38(19-28)33(41)26-18-29(39)43-20-26/h7-15,17,21-22,26,28,30H,3-6,16,18-20H2,1-2H3,(H,36,40)/t21?,26-,28+,30?/m1/s1. The number of hydrogen-bond donors (Lipinski definition) is 1. The summed E-state index contributed by atoms with van der Waals surface area (Å²) < 4.78 is 18.8. The fourth-order valence-electron chi connectivity index (χ4n) is 5.96. The minimum absolute atomic E-state index is 0.0934. The largest absolute Gasteiger partial charge is 0.484 e. The van der Waals surface area contributed by atoms with Gasteiger partial charge in [0.2, 0.25) is 5.91 Å². The lowest BCUT2D eigenvalue weighted by Crippen LogP contribution is -2.46. The number of amides is 2. The Morgan fingerprint density at radius 3 is 2.44 bits per heavy atom. The van der Waals surface area contributed by atoms with Crippen molar-refractivity contribution in [3.8, 4) is 5.75 Å². The third-order valence-electron chi connectivity index (χ3n) is 8.68. The molecule has 3 aliphatic rings. The molecule has 45 heavy (non-hydrogen) atoms. The molecule has 2 saturated heterocycles. The van der Waals surface area contributed by atoms with E-state index in [9.17, 15) is 19.2 Å². The van der Waals surface area contributed by atoms with Crippen LogP contribution in [0, 0.1) is 5.92 Å². The smallest absolute Gasteiger partial charge is 0.338 e. The summed E-state index contributed by atoms with van der Waals surface area (Å²) in [4.78, 5) is 56.0. The van der Waals surface area contributed by atoms with Crippen LogP contribution >= 0.6 is 0 Å². The zero-order valence-corrected chi connectivity index (χ0v) is 25.5. The van der Waals surface area contributed by atoms with Crippen molar-refractivity contribution in [2.45, 2.75) is 63.2 Å². The number of piperidine rings is 1. The molecule has 11 heteroatoms. The van der Waals surface area contributed by atoms with Gasteiger partial charge < -0.3 is 29.0 Å². The summed E-state index contributed by atoms with van der Waals surface area (Å²) >= 11 is 0. The number of rotatable bonds is 10. The van der Waals surface area contributed by atoms with E-state index in [-0.39, 0.29) is 30.8 Å². The molecule has 3 aromatic rings. The van der Waals surface area contributed by atoms with Gasteiger partial charge in [0, 0.05) is 26.0 Å². The summed E-state index contributed by atoms with van der Waals surface area (Å²) in [7, 11) is 1.77. The van der Waals surface area contributed by atoms with Crippen molar-refractivity contribution < 1.29 is 33.4 Å². The van der Waals surface area contributed by atoms with E-state index < -0.39 is 30.1 Å². The summed E-state index contributed by atoms with van der Waals surface area (Å²) in [5.74, 6) is -0.287. The highest BCUT2D eigenvalue weighted by Gasteiger charge is 2.36. The zero-order valence-electron chi connectivity index (χ0n) is 25.5.